The zero-order valence-electron chi connectivity index (χ0n) is 25.1. The summed E-state index contributed by atoms with van der Waals surface area (Å²) in [6.45, 7) is 0. The second-order valence-corrected chi connectivity index (χ2v) is 11.9. The number of nitrogens with zero attached hydrogens (tertiary/aromatic N) is 4. The molecule has 0 aliphatic carbocycles. The number of hydrogen-bond acceptors (Lipinski definition) is 5. The zero-order valence-corrected chi connectivity index (χ0v) is 25.1. The summed E-state index contributed by atoms with van der Waals surface area (Å²) < 4.78 is 6.41. The first-order valence-electron chi connectivity index (χ1n) is 15.6. The highest BCUT2D eigenvalue weighted by molar-refractivity contribution is 6.18. The van der Waals surface area contributed by atoms with Crippen LogP contribution in [-0.2, 0) is 0 Å². The number of aromatic nitrogens is 4. The first kappa shape index (κ1) is 25.8. The van der Waals surface area contributed by atoms with Crippen LogP contribution in [0.25, 0.3) is 99.3 Å². The van der Waals surface area contributed by atoms with Crippen LogP contribution in [0.1, 0.15) is 0 Å². The maximum atomic E-state index is 6.41. The Morgan fingerprint density at radius 1 is 0.404 bits per heavy atom. The van der Waals surface area contributed by atoms with E-state index in [1.165, 1.54) is 21.5 Å². The molecule has 47 heavy (non-hydrogen) atoms. The van der Waals surface area contributed by atoms with Crippen LogP contribution >= 0.6 is 0 Å². The quantitative estimate of drug-likeness (QED) is 0.189. The van der Waals surface area contributed by atoms with Crippen LogP contribution in [-0.4, -0.2) is 19.9 Å². The number of hydrogen-bond donors (Lipinski definition) is 0. The Morgan fingerprint density at radius 2 is 1.02 bits per heavy atom. The van der Waals surface area contributed by atoms with Gasteiger partial charge in [-0.2, -0.15) is 0 Å². The van der Waals surface area contributed by atoms with Crippen molar-refractivity contribution in [2.75, 3.05) is 0 Å². The molecule has 0 bridgehead atoms. The van der Waals surface area contributed by atoms with E-state index in [2.05, 4.69) is 126 Å². The van der Waals surface area contributed by atoms with Crippen molar-refractivity contribution in [1.29, 1.82) is 0 Å². The van der Waals surface area contributed by atoms with E-state index in [9.17, 15) is 0 Å². The van der Waals surface area contributed by atoms with Gasteiger partial charge in [0.05, 0.1) is 0 Å². The molecule has 0 spiro atoms. The number of fused-ring (bicyclic) bond motifs is 9. The van der Waals surface area contributed by atoms with Crippen molar-refractivity contribution in [3.05, 3.63) is 146 Å². The summed E-state index contributed by atoms with van der Waals surface area (Å²) in [6.07, 6.45) is 1.76. The normalized spacial score (nSPS) is 11.8. The Balaban J connectivity index is 1.24. The first-order valence-corrected chi connectivity index (χ1v) is 15.6. The number of furan rings is 1. The van der Waals surface area contributed by atoms with Gasteiger partial charge in [0, 0.05) is 39.0 Å². The molecule has 0 atom stereocenters. The van der Waals surface area contributed by atoms with Crippen molar-refractivity contribution < 1.29 is 4.42 Å². The minimum Gasteiger partial charge on any atom is -0.437 e. The summed E-state index contributed by atoms with van der Waals surface area (Å²) in [4.78, 5) is 19.9. The molecule has 3 aromatic heterocycles. The van der Waals surface area contributed by atoms with Gasteiger partial charge < -0.3 is 4.42 Å². The van der Waals surface area contributed by atoms with E-state index in [1.807, 2.05) is 18.2 Å². The molecule has 0 saturated carbocycles. The molecule has 3 heterocycles. The lowest BCUT2D eigenvalue weighted by Gasteiger charge is -2.12. The van der Waals surface area contributed by atoms with Gasteiger partial charge in [-0.15, -0.1) is 0 Å². The fourth-order valence-electron chi connectivity index (χ4n) is 6.86. The number of rotatable bonds is 3. The molecule has 0 N–H and O–H groups in total. The molecule has 10 rings (SSSR count). The summed E-state index contributed by atoms with van der Waals surface area (Å²) in [5, 5.41) is 11.1. The van der Waals surface area contributed by atoms with Gasteiger partial charge in [-0.25, -0.2) is 19.9 Å². The lowest BCUT2D eigenvalue weighted by atomic mass is 9.99. The Kier molecular flexibility index (Phi) is 5.51. The Labute approximate surface area is 268 Å². The van der Waals surface area contributed by atoms with E-state index in [1.54, 1.807) is 6.20 Å². The minimum absolute atomic E-state index is 0.586. The van der Waals surface area contributed by atoms with E-state index in [0.717, 1.165) is 54.6 Å². The van der Waals surface area contributed by atoms with Crippen LogP contribution in [0.4, 0.5) is 0 Å². The Hall–Kier alpha value is -6.46. The first-order chi connectivity index (χ1) is 23.3. The van der Waals surface area contributed by atoms with Crippen molar-refractivity contribution in [2.24, 2.45) is 0 Å². The monoisotopic (exact) mass is 600 g/mol. The molecule has 5 nitrogen and oxygen atoms in total. The van der Waals surface area contributed by atoms with Gasteiger partial charge in [-0.3, -0.25) is 0 Å². The largest absolute Gasteiger partial charge is 0.437 e. The molecule has 0 saturated heterocycles. The van der Waals surface area contributed by atoms with Crippen LogP contribution in [0.2, 0.25) is 0 Å². The van der Waals surface area contributed by atoms with E-state index in [-0.39, 0.29) is 0 Å². The van der Waals surface area contributed by atoms with Crippen molar-refractivity contribution in [1.82, 2.24) is 19.9 Å². The summed E-state index contributed by atoms with van der Waals surface area (Å²) in [6, 6.07) is 48.4. The van der Waals surface area contributed by atoms with Crippen LogP contribution in [0.3, 0.4) is 0 Å². The van der Waals surface area contributed by atoms with Crippen LogP contribution in [0.15, 0.2) is 150 Å². The van der Waals surface area contributed by atoms with Crippen molar-refractivity contribution in [2.45, 2.75) is 0 Å². The summed E-state index contributed by atoms with van der Waals surface area (Å²) >= 11 is 0. The molecule has 5 heteroatoms. The molecule has 10 aromatic rings. The van der Waals surface area contributed by atoms with Crippen LogP contribution in [0.5, 0.6) is 0 Å². The van der Waals surface area contributed by atoms with E-state index in [4.69, 9.17) is 19.4 Å². The topological polar surface area (TPSA) is 64.7 Å². The van der Waals surface area contributed by atoms with Gasteiger partial charge in [0.15, 0.2) is 17.5 Å². The maximum absolute atomic E-state index is 6.41. The second kappa shape index (κ2) is 10.0. The van der Waals surface area contributed by atoms with Crippen molar-refractivity contribution in [3.63, 3.8) is 0 Å². The molecule has 0 aliphatic heterocycles. The van der Waals surface area contributed by atoms with Crippen molar-refractivity contribution >= 4 is 65.2 Å². The molecule has 0 radical (unpaired) electrons. The fraction of sp³-hybridized carbons (Fsp3) is 0. The molecule has 7 aromatic carbocycles. The maximum Gasteiger partial charge on any atom is 0.227 e. The van der Waals surface area contributed by atoms with Gasteiger partial charge in [0.25, 0.3) is 0 Å². The van der Waals surface area contributed by atoms with Gasteiger partial charge in [0.1, 0.15) is 5.58 Å². The Bertz CT molecular complexity index is 2870. The number of pyridine rings is 1. The SMILES string of the molecule is c1ccc2cc(-c3nc(-c4ccc5c(ccc6ccccc65)c4)nc(-c4cccc5ccc6c7cccnc7oc6c45)n3)ccc2c1. The standard InChI is InChI=1S/C42H24N4O/c1-2-9-28-23-30(17-14-25(28)7-1)39-44-40(31-19-20-33-29(24-31)16-15-26-8-3-4-11-32(26)33)46-41(45-39)36-12-5-10-27-18-21-34-35-13-6-22-43-42(35)47-38(34)37(27)36/h1-24H. The molecule has 0 aliphatic rings. The van der Waals surface area contributed by atoms with Crippen LogP contribution in [0, 0.1) is 0 Å². The highest BCUT2D eigenvalue weighted by atomic mass is 16.3. The third-order valence-electron chi connectivity index (χ3n) is 9.15. The summed E-state index contributed by atoms with van der Waals surface area (Å²) in [5.74, 6) is 1.82. The third kappa shape index (κ3) is 4.10. The molecule has 218 valence electrons. The predicted molar refractivity (Wildman–Crippen MR) is 191 cm³/mol. The van der Waals surface area contributed by atoms with E-state index < -0.39 is 0 Å². The fourth-order valence-corrected chi connectivity index (χ4v) is 6.86. The smallest absolute Gasteiger partial charge is 0.227 e. The summed E-state index contributed by atoms with van der Waals surface area (Å²) in [5.41, 5.74) is 4.13. The molecule has 0 fully saturated rings. The number of benzene rings is 7. The third-order valence-corrected chi connectivity index (χ3v) is 9.15. The van der Waals surface area contributed by atoms with Gasteiger partial charge in [0.2, 0.25) is 5.71 Å². The van der Waals surface area contributed by atoms with E-state index in [0.29, 0.717) is 23.2 Å². The average Bonchev–Trinajstić information content (AvgIpc) is 3.53. The average molecular weight is 601 g/mol. The highest BCUT2D eigenvalue weighted by Crippen LogP contribution is 2.39. The zero-order chi connectivity index (χ0) is 30.9. The van der Waals surface area contributed by atoms with Gasteiger partial charge in [-0.1, -0.05) is 109 Å². The minimum atomic E-state index is 0.586. The molecule has 0 amide bonds. The summed E-state index contributed by atoms with van der Waals surface area (Å²) in [7, 11) is 0. The predicted octanol–water partition coefficient (Wildman–Crippen LogP) is 10.8. The molecular weight excluding hydrogens is 576 g/mol. The van der Waals surface area contributed by atoms with E-state index >= 15 is 0 Å². The lowest BCUT2D eigenvalue weighted by Crippen LogP contribution is -2.00. The Morgan fingerprint density at radius 3 is 1.91 bits per heavy atom. The lowest BCUT2D eigenvalue weighted by molar-refractivity contribution is 0.657. The van der Waals surface area contributed by atoms with Crippen molar-refractivity contribution in [3.8, 4) is 34.2 Å². The molecule has 0 unspecified atom stereocenters. The highest BCUT2D eigenvalue weighted by Gasteiger charge is 2.19. The van der Waals surface area contributed by atoms with Gasteiger partial charge in [-0.05, 0) is 68.0 Å². The van der Waals surface area contributed by atoms with Crippen LogP contribution < -0.4 is 0 Å². The molecular formula is C42H24N4O. The van der Waals surface area contributed by atoms with Gasteiger partial charge >= 0.3 is 0 Å². The second-order valence-electron chi connectivity index (χ2n) is 11.9.